The van der Waals surface area contributed by atoms with Crippen molar-refractivity contribution >= 4 is 40.2 Å². The van der Waals surface area contributed by atoms with E-state index in [1.165, 1.54) is 19.1 Å². The van der Waals surface area contributed by atoms with Gasteiger partial charge in [0.15, 0.2) is 11.6 Å². The van der Waals surface area contributed by atoms with E-state index < -0.39 is 7.05 Å². The summed E-state index contributed by atoms with van der Waals surface area (Å²) in [4.78, 5) is 23.5. The molecule has 0 aromatic heterocycles. The number of benzene rings is 4. The SMILES string of the molecule is CC(=O)/C=C/C(=O)c1ccc(N=P(c2ccccc2)(c2ccccc2)c2ccccc2)cc1. The van der Waals surface area contributed by atoms with E-state index in [4.69, 9.17) is 4.74 Å². The third-order valence-corrected chi connectivity index (χ3v) is 8.94. The molecule has 4 rings (SSSR count). The molecule has 0 heterocycles. The lowest BCUT2D eigenvalue weighted by atomic mass is 10.1. The number of hydrogen-bond acceptors (Lipinski definition) is 3. The molecule has 0 fully saturated rings. The van der Waals surface area contributed by atoms with E-state index in [9.17, 15) is 9.59 Å². The van der Waals surface area contributed by atoms with Crippen LogP contribution >= 0.6 is 7.05 Å². The Morgan fingerprint density at radius 3 is 1.42 bits per heavy atom. The van der Waals surface area contributed by atoms with E-state index in [-0.39, 0.29) is 11.6 Å². The molecule has 0 bridgehead atoms. The summed E-state index contributed by atoms with van der Waals surface area (Å²) in [6, 6.07) is 38.5. The maximum Gasteiger partial charge on any atom is 0.185 e. The number of nitrogens with zero attached hydrogens (tertiary/aromatic N) is 1. The summed E-state index contributed by atoms with van der Waals surface area (Å²) in [6.07, 6.45) is 2.60. The van der Waals surface area contributed by atoms with Crippen LogP contribution in [-0.2, 0) is 4.79 Å². The molecule has 33 heavy (non-hydrogen) atoms. The third kappa shape index (κ3) is 5.00. The number of carbonyl (C=O) groups is 2. The van der Waals surface area contributed by atoms with Crippen molar-refractivity contribution in [1.82, 2.24) is 0 Å². The smallest absolute Gasteiger partial charge is 0.185 e. The minimum atomic E-state index is -2.36. The van der Waals surface area contributed by atoms with Crippen molar-refractivity contribution in [2.24, 2.45) is 4.74 Å². The predicted molar refractivity (Wildman–Crippen MR) is 138 cm³/mol. The van der Waals surface area contributed by atoms with Gasteiger partial charge in [-0.2, -0.15) is 0 Å². The van der Waals surface area contributed by atoms with Gasteiger partial charge in [-0.05, 0) is 43.3 Å². The standard InChI is InChI=1S/C29H24NO2P/c1-23(31)17-22-29(32)24-18-20-25(21-19-24)30-33(26-11-5-2-6-12-26,27-13-7-3-8-14-27)28-15-9-4-10-16-28/h2-22H,1H3/b22-17+. The summed E-state index contributed by atoms with van der Waals surface area (Å²) in [5, 5.41) is 3.48. The van der Waals surface area contributed by atoms with E-state index in [0.29, 0.717) is 5.56 Å². The molecule has 0 radical (unpaired) electrons. The van der Waals surface area contributed by atoms with Crippen LogP contribution in [0.25, 0.3) is 0 Å². The molecule has 0 atom stereocenters. The molecular weight excluding hydrogens is 425 g/mol. The van der Waals surface area contributed by atoms with Gasteiger partial charge in [-0.15, -0.1) is 0 Å². The molecule has 0 unspecified atom stereocenters. The Morgan fingerprint density at radius 2 is 1.03 bits per heavy atom. The van der Waals surface area contributed by atoms with Crippen molar-refractivity contribution in [1.29, 1.82) is 0 Å². The highest BCUT2D eigenvalue weighted by Crippen LogP contribution is 2.49. The molecule has 0 aliphatic heterocycles. The van der Waals surface area contributed by atoms with Crippen molar-refractivity contribution in [3.05, 3.63) is 133 Å². The number of carbonyl (C=O) groups excluding carboxylic acids is 2. The van der Waals surface area contributed by atoms with Crippen LogP contribution in [0.5, 0.6) is 0 Å². The lowest BCUT2D eigenvalue weighted by Gasteiger charge is -2.27. The molecule has 4 aromatic rings. The monoisotopic (exact) mass is 449 g/mol. The van der Waals surface area contributed by atoms with Gasteiger partial charge >= 0.3 is 0 Å². The number of hydrogen-bond donors (Lipinski definition) is 0. The van der Waals surface area contributed by atoms with E-state index in [0.717, 1.165) is 21.6 Å². The van der Waals surface area contributed by atoms with Gasteiger partial charge in [0.2, 0.25) is 0 Å². The quantitative estimate of drug-likeness (QED) is 0.203. The zero-order chi connectivity index (χ0) is 23.1. The van der Waals surface area contributed by atoms with Crippen LogP contribution in [0.1, 0.15) is 17.3 Å². The number of allylic oxidation sites excluding steroid dienone is 2. The zero-order valence-corrected chi connectivity index (χ0v) is 19.2. The summed E-state index contributed by atoms with van der Waals surface area (Å²) < 4.78 is 5.40. The van der Waals surface area contributed by atoms with Gasteiger partial charge in [-0.3, -0.25) is 14.3 Å². The average Bonchev–Trinajstić information content (AvgIpc) is 2.88. The molecule has 0 spiro atoms. The minimum absolute atomic E-state index is 0.155. The normalized spacial score (nSPS) is 11.3. The molecule has 3 nitrogen and oxygen atoms in total. The highest BCUT2D eigenvalue weighted by atomic mass is 31.2. The Morgan fingerprint density at radius 1 is 0.606 bits per heavy atom. The van der Waals surface area contributed by atoms with E-state index in [1.54, 1.807) is 12.1 Å². The van der Waals surface area contributed by atoms with Crippen LogP contribution in [0.4, 0.5) is 5.69 Å². The van der Waals surface area contributed by atoms with Crippen LogP contribution in [0.2, 0.25) is 0 Å². The zero-order valence-electron chi connectivity index (χ0n) is 18.3. The second-order valence-electron chi connectivity index (χ2n) is 7.60. The Hall–Kier alpha value is -3.81. The molecule has 4 heteroatoms. The van der Waals surface area contributed by atoms with Gasteiger partial charge in [0.1, 0.15) is 0 Å². The van der Waals surface area contributed by atoms with E-state index >= 15 is 0 Å². The summed E-state index contributed by atoms with van der Waals surface area (Å²) in [7, 11) is -2.36. The first-order valence-corrected chi connectivity index (χ1v) is 12.5. The van der Waals surface area contributed by atoms with Crippen LogP contribution in [-0.4, -0.2) is 11.6 Å². The fourth-order valence-corrected chi connectivity index (χ4v) is 7.24. The molecule has 0 amide bonds. The molecule has 4 aromatic carbocycles. The average molecular weight is 449 g/mol. The van der Waals surface area contributed by atoms with Crippen LogP contribution in [0.3, 0.4) is 0 Å². The first-order chi connectivity index (χ1) is 16.1. The summed E-state index contributed by atoms with van der Waals surface area (Å²) in [6.45, 7) is 1.42. The molecule has 0 aliphatic carbocycles. The van der Waals surface area contributed by atoms with Crippen LogP contribution in [0, 0.1) is 0 Å². The maximum absolute atomic E-state index is 12.3. The second kappa shape index (κ2) is 10.2. The van der Waals surface area contributed by atoms with E-state index in [2.05, 4.69) is 72.8 Å². The van der Waals surface area contributed by atoms with Crippen molar-refractivity contribution in [3.8, 4) is 0 Å². The summed E-state index contributed by atoms with van der Waals surface area (Å²) in [5.41, 5.74) is 1.32. The molecule has 0 N–H and O–H groups in total. The number of ketones is 2. The lowest BCUT2D eigenvalue weighted by molar-refractivity contribution is -0.112. The first-order valence-electron chi connectivity index (χ1n) is 10.7. The summed E-state index contributed by atoms with van der Waals surface area (Å²) in [5.74, 6) is -0.356. The van der Waals surface area contributed by atoms with E-state index in [1.807, 2.05) is 30.3 Å². The van der Waals surface area contributed by atoms with Crippen LogP contribution < -0.4 is 15.9 Å². The topological polar surface area (TPSA) is 46.5 Å². The molecule has 0 saturated heterocycles. The Bertz CT molecular complexity index is 1220. The van der Waals surface area contributed by atoms with Crippen LogP contribution in [0.15, 0.2) is 132 Å². The van der Waals surface area contributed by atoms with Gasteiger partial charge in [0.25, 0.3) is 0 Å². The Labute approximate surface area is 194 Å². The van der Waals surface area contributed by atoms with Gasteiger partial charge < -0.3 is 0 Å². The van der Waals surface area contributed by atoms with Gasteiger partial charge in [-0.1, -0.05) is 91.0 Å². The highest BCUT2D eigenvalue weighted by Gasteiger charge is 2.27. The van der Waals surface area contributed by atoms with Gasteiger partial charge in [0.05, 0.1) is 12.7 Å². The first kappa shape index (κ1) is 22.4. The largest absolute Gasteiger partial charge is 0.295 e. The Balaban J connectivity index is 1.92. The fraction of sp³-hybridized carbons (Fsp3) is 0.0345. The highest BCUT2D eigenvalue weighted by molar-refractivity contribution is 7.87. The van der Waals surface area contributed by atoms with Gasteiger partial charge in [0, 0.05) is 21.5 Å². The van der Waals surface area contributed by atoms with Crippen molar-refractivity contribution in [2.75, 3.05) is 0 Å². The molecule has 0 aliphatic rings. The molecule has 162 valence electrons. The minimum Gasteiger partial charge on any atom is -0.295 e. The third-order valence-electron chi connectivity index (χ3n) is 5.28. The van der Waals surface area contributed by atoms with Crippen molar-refractivity contribution in [2.45, 2.75) is 6.92 Å². The molecular formula is C29H24NO2P. The second-order valence-corrected chi connectivity index (χ2v) is 10.6. The fourth-order valence-electron chi connectivity index (χ4n) is 3.71. The number of rotatable bonds is 7. The lowest BCUT2D eigenvalue weighted by Crippen LogP contribution is -2.25. The maximum atomic E-state index is 12.3. The summed E-state index contributed by atoms with van der Waals surface area (Å²) >= 11 is 0. The molecule has 0 saturated carbocycles. The van der Waals surface area contributed by atoms with Crippen molar-refractivity contribution in [3.63, 3.8) is 0 Å². The predicted octanol–water partition coefficient (Wildman–Crippen LogP) is 5.82. The Kier molecular flexibility index (Phi) is 6.92. The van der Waals surface area contributed by atoms with Crippen molar-refractivity contribution < 1.29 is 9.59 Å². The van der Waals surface area contributed by atoms with Gasteiger partial charge in [-0.25, -0.2) is 0 Å².